The molecule has 2 N–H and O–H groups in total. The fourth-order valence-electron chi connectivity index (χ4n) is 1.34. The molecule has 0 radical (unpaired) electrons. The average molecular weight is 236 g/mol. The Morgan fingerprint density at radius 1 is 1.47 bits per heavy atom. The summed E-state index contributed by atoms with van der Waals surface area (Å²) in [7, 11) is 0. The monoisotopic (exact) mass is 236 g/mol. The van der Waals surface area contributed by atoms with Crippen LogP contribution in [0, 0.1) is 12.8 Å². The SMILES string of the molecule is Cc1ccc(C(=O)NCC(C)CC(=O)O)cn1. The Bertz CT molecular complexity index is 401. The highest BCUT2D eigenvalue weighted by atomic mass is 16.4. The molecule has 0 bridgehead atoms. The van der Waals surface area contributed by atoms with Crippen molar-refractivity contribution in [1.29, 1.82) is 0 Å². The normalized spacial score (nSPS) is 11.9. The number of carboxylic acids is 1. The van der Waals surface area contributed by atoms with Gasteiger partial charge in [0.1, 0.15) is 0 Å². The molecule has 17 heavy (non-hydrogen) atoms. The van der Waals surface area contributed by atoms with Gasteiger partial charge in [0.15, 0.2) is 0 Å². The quantitative estimate of drug-likeness (QED) is 0.805. The van der Waals surface area contributed by atoms with Crippen LogP contribution in [-0.2, 0) is 4.79 Å². The van der Waals surface area contributed by atoms with Crippen LogP contribution in [-0.4, -0.2) is 28.5 Å². The van der Waals surface area contributed by atoms with Gasteiger partial charge in [-0.3, -0.25) is 14.6 Å². The van der Waals surface area contributed by atoms with Gasteiger partial charge in [-0.15, -0.1) is 0 Å². The number of aryl methyl sites for hydroxylation is 1. The molecule has 1 heterocycles. The highest BCUT2D eigenvalue weighted by Crippen LogP contribution is 2.02. The van der Waals surface area contributed by atoms with E-state index in [1.54, 1.807) is 19.1 Å². The van der Waals surface area contributed by atoms with E-state index in [1.807, 2.05) is 6.92 Å². The second-order valence-corrected chi connectivity index (χ2v) is 4.10. The molecule has 0 saturated carbocycles. The van der Waals surface area contributed by atoms with Gasteiger partial charge >= 0.3 is 5.97 Å². The topological polar surface area (TPSA) is 79.3 Å². The molecule has 0 aliphatic rings. The van der Waals surface area contributed by atoms with Crippen LogP contribution in [0.15, 0.2) is 18.3 Å². The number of nitrogens with zero attached hydrogens (tertiary/aromatic N) is 1. The van der Waals surface area contributed by atoms with E-state index in [0.29, 0.717) is 12.1 Å². The lowest BCUT2D eigenvalue weighted by Gasteiger charge is -2.10. The van der Waals surface area contributed by atoms with E-state index in [1.165, 1.54) is 6.20 Å². The van der Waals surface area contributed by atoms with Gasteiger partial charge in [0, 0.05) is 24.9 Å². The van der Waals surface area contributed by atoms with Gasteiger partial charge in [-0.05, 0) is 25.0 Å². The number of aromatic nitrogens is 1. The minimum atomic E-state index is -0.858. The summed E-state index contributed by atoms with van der Waals surface area (Å²) < 4.78 is 0. The minimum absolute atomic E-state index is 0.0480. The Morgan fingerprint density at radius 2 is 2.18 bits per heavy atom. The molecule has 0 fully saturated rings. The number of carbonyl (C=O) groups is 2. The number of carboxylic acid groups (broad SMARTS) is 1. The predicted octanol–water partition coefficient (Wildman–Crippen LogP) is 1.23. The Hall–Kier alpha value is -1.91. The first-order chi connectivity index (χ1) is 7.99. The molecular weight excluding hydrogens is 220 g/mol. The summed E-state index contributed by atoms with van der Waals surface area (Å²) in [6.07, 6.45) is 1.55. The molecule has 1 unspecified atom stereocenters. The van der Waals surface area contributed by atoms with Crippen molar-refractivity contribution < 1.29 is 14.7 Å². The summed E-state index contributed by atoms with van der Waals surface area (Å²) in [4.78, 5) is 26.1. The van der Waals surface area contributed by atoms with Gasteiger partial charge in [0.05, 0.1) is 5.56 Å². The number of hydrogen-bond acceptors (Lipinski definition) is 3. The molecule has 0 spiro atoms. The molecule has 92 valence electrons. The number of nitrogens with one attached hydrogen (secondary N) is 1. The molecule has 5 heteroatoms. The third kappa shape index (κ3) is 4.63. The van der Waals surface area contributed by atoms with E-state index in [-0.39, 0.29) is 18.2 Å². The molecule has 0 aliphatic heterocycles. The number of hydrogen-bond donors (Lipinski definition) is 2. The average Bonchev–Trinajstić information content (AvgIpc) is 2.26. The van der Waals surface area contributed by atoms with Crippen LogP contribution >= 0.6 is 0 Å². The van der Waals surface area contributed by atoms with Gasteiger partial charge in [0.2, 0.25) is 0 Å². The summed E-state index contributed by atoms with van der Waals surface area (Å²) in [6.45, 7) is 3.97. The van der Waals surface area contributed by atoms with Gasteiger partial charge < -0.3 is 10.4 Å². The zero-order valence-corrected chi connectivity index (χ0v) is 9.93. The summed E-state index contributed by atoms with van der Waals surface area (Å²) in [5.74, 6) is -1.17. The van der Waals surface area contributed by atoms with Crippen molar-refractivity contribution in [2.75, 3.05) is 6.54 Å². The predicted molar refractivity (Wildman–Crippen MR) is 62.7 cm³/mol. The number of pyridine rings is 1. The maximum absolute atomic E-state index is 11.6. The first kappa shape index (κ1) is 13.2. The summed E-state index contributed by atoms with van der Waals surface area (Å²) in [6, 6.07) is 3.45. The number of aliphatic carboxylic acids is 1. The molecule has 0 aromatic carbocycles. The van der Waals surface area contributed by atoms with Crippen molar-refractivity contribution in [2.24, 2.45) is 5.92 Å². The third-order valence-corrected chi connectivity index (χ3v) is 2.31. The fraction of sp³-hybridized carbons (Fsp3) is 0.417. The molecule has 1 atom stereocenters. The van der Waals surface area contributed by atoms with E-state index in [2.05, 4.69) is 10.3 Å². The van der Waals surface area contributed by atoms with Crippen molar-refractivity contribution >= 4 is 11.9 Å². The maximum Gasteiger partial charge on any atom is 0.303 e. The Balaban J connectivity index is 2.44. The molecule has 0 saturated heterocycles. The van der Waals surface area contributed by atoms with Crippen LogP contribution in [0.4, 0.5) is 0 Å². The Labute approximate surface area is 99.9 Å². The van der Waals surface area contributed by atoms with Gasteiger partial charge in [0.25, 0.3) is 5.91 Å². The van der Waals surface area contributed by atoms with E-state index in [4.69, 9.17) is 5.11 Å². The molecule has 0 aliphatic carbocycles. The van der Waals surface area contributed by atoms with Crippen LogP contribution in [0.3, 0.4) is 0 Å². The van der Waals surface area contributed by atoms with Crippen LogP contribution in [0.1, 0.15) is 29.4 Å². The van der Waals surface area contributed by atoms with Gasteiger partial charge in [-0.1, -0.05) is 6.92 Å². The first-order valence-corrected chi connectivity index (χ1v) is 5.41. The Kier molecular flexibility index (Phi) is 4.63. The second kappa shape index (κ2) is 5.98. The largest absolute Gasteiger partial charge is 0.481 e. The van der Waals surface area contributed by atoms with Crippen LogP contribution in [0.2, 0.25) is 0 Å². The number of amides is 1. The molecule has 1 amide bonds. The first-order valence-electron chi connectivity index (χ1n) is 5.41. The van der Waals surface area contributed by atoms with Crippen molar-refractivity contribution in [3.05, 3.63) is 29.6 Å². The maximum atomic E-state index is 11.6. The van der Waals surface area contributed by atoms with E-state index in [9.17, 15) is 9.59 Å². The van der Waals surface area contributed by atoms with Crippen LogP contribution < -0.4 is 5.32 Å². The highest BCUT2D eigenvalue weighted by Gasteiger charge is 2.10. The van der Waals surface area contributed by atoms with E-state index >= 15 is 0 Å². The molecule has 1 rings (SSSR count). The zero-order chi connectivity index (χ0) is 12.8. The van der Waals surface area contributed by atoms with Gasteiger partial charge in [-0.25, -0.2) is 0 Å². The lowest BCUT2D eigenvalue weighted by molar-refractivity contribution is -0.137. The molecule has 1 aromatic heterocycles. The molecule has 5 nitrogen and oxygen atoms in total. The number of rotatable bonds is 5. The second-order valence-electron chi connectivity index (χ2n) is 4.10. The van der Waals surface area contributed by atoms with E-state index < -0.39 is 5.97 Å². The fourth-order valence-corrected chi connectivity index (χ4v) is 1.34. The van der Waals surface area contributed by atoms with Crippen LogP contribution in [0.5, 0.6) is 0 Å². The standard InChI is InChI=1S/C12H16N2O3/c1-8(5-11(15)16)6-14-12(17)10-4-3-9(2)13-7-10/h3-4,7-8H,5-6H2,1-2H3,(H,14,17)(H,15,16). The van der Waals surface area contributed by atoms with Crippen molar-refractivity contribution in [3.8, 4) is 0 Å². The molecular formula is C12H16N2O3. The van der Waals surface area contributed by atoms with E-state index in [0.717, 1.165) is 5.69 Å². The summed E-state index contributed by atoms with van der Waals surface area (Å²) >= 11 is 0. The minimum Gasteiger partial charge on any atom is -0.481 e. The summed E-state index contributed by atoms with van der Waals surface area (Å²) in [5.41, 5.74) is 1.33. The van der Waals surface area contributed by atoms with Gasteiger partial charge in [-0.2, -0.15) is 0 Å². The lowest BCUT2D eigenvalue weighted by atomic mass is 10.1. The van der Waals surface area contributed by atoms with Crippen LogP contribution in [0.25, 0.3) is 0 Å². The summed E-state index contributed by atoms with van der Waals surface area (Å²) in [5, 5.41) is 11.3. The highest BCUT2D eigenvalue weighted by molar-refractivity contribution is 5.93. The smallest absolute Gasteiger partial charge is 0.303 e. The zero-order valence-electron chi connectivity index (χ0n) is 9.93. The van der Waals surface area contributed by atoms with Crippen molar-refractivity contribution in [3.63, 3.8) is 0 Å². The molecule has 1 aromatic rings. The van der Waals surface area contributed by atoms with Crippen molar-refractivity contribution in [1.82, 2.24) is 10.3 Å². The van der Waals surface area contributed by atoms with Crippen molar-refractivity contribution in [2.45, 2.75) is 20.3 Å². The third-order valence-electron chi connectivity index (χ3n) is 2.31. The Morgan fingerprint density at radius 3 is 2.71 bits per heavy atom. The number of carbonyl (C=O) groups excluding carboxylic acids is 1. The lowest BCUT2D eigenvalue weighted by Crippen LogP contribution is -2.29.